The zero-order chi connectivity index (χ0) is 16.0. The van der Waals surface area contributed by atoms with Gasteiger partial charge >= 0.3 is 6.09 Å². The minimum atomic E-state index is -3.69. The molecule has 0 radical (unpaired) electrons. The molecule has 20 heavy (non-hydrogen) atoms. The van der Waals surface area contributed by atoms with E-state index in [1.165, 1.54) is 0 Å². The van der Waals surface area contributed by atoms with Gasteiger partial charge in [0, 0.05) is 0 Å². The van der Waals surface area contributed by atoms with Gasteiger partial charge in [0.1, 0.15) is 0 Å². The van der Waals surface area contributed by atoms with E-state index in [0.29, 0.717) is 0 Å². The molecular weight excluding hydrogens is 314 g/mol. The van der Waals surface area contributed by atoms with Gasteiger partial charge in [0.25, 0.3) is 20.2 Å². The first-order chi connectivity index (χ1) is 8.89. The first kappa shape index (κ1) is 19.1. The Bertz CT molecular complexity index is 512. The molecule has 0 fully saturated rings. The molecule has 1 amide bonds. The number of amides is 1. The molecule has 0 aromatic rings. The predicted octanol–water partition coefficient (Wildman–Crippen LogP) is -0.399. The van der Waals surface area contributed by atoms with Gasteiger partial charge < -0.3 is 10.4 Å². The lowest BCUT2D eigenvalue weighted by molar-refractivity contribution is 0.171. The smallest absolute Gasteiger partial charge is 0.404 e. The highest BCUT2D eigenvalue weighted by molar-refractivity contribution is 7.86. The lowest BCUT2D eigenvalue weighted by Gasteiger charge is -2.20. The minimum Gasteiger partial charge on any atom is -0.465 e. The Balaban J connectivity index is 4.44. The number of nitrogens with one attached hydrogen (secondary N) is 1. The van der Waals surface area contributed by atoms with Crippen LogP contribution in [-0.4, -0.2) is 59.8 Å². The maximum absolute atomic E-state index is 10.9. The van der Waals surface area contributed by atoms with Gasteiger partial charge in [-0.25, -0.2) is 4.79 Å². The molecule has 2 atom stereocenters. The SMILES string of the molecule is CC(COS(C)(=O)=O)C[C@H](COS(C)(=O)=O)NC(=O)O. The van der Waals surface area contributed by atoms with Gasteiger partial charge in [-0.05, 0) is 12.3 Å². The summed E-state index contributed by atoms with van der Waals surface area (Å²) >= 11 is 0. The van der Waals surface area contributed by atoms with E-state index in [0.717, 1.165) is 12.5 Å². The van der Waals surface area contributed by atoms with Crippen LogP contribution in [0.3, 0.4) is 0 Å². The summed E-state index contributed by atoms with van der Waals surface area (Å²) in [4.78, 5) is 10.6. The third kappa shape index (κ3) is 12.1. The summed E-state index contributed by atoms with van der Waals surface area (Å²) in [6.45, 7) is 1.14. The summed E-state index contributed by atoms with van der Waals surface area (Å²) in [5.74, 6) is -0.315. The summed E-state index contributed by atoms with van der Waals surface area (Å²) in [6.07, 6.45) is 0.584. The molecular formula is C9H19NO8S2. The van der Waals surface area contributed by atoms with Gasteiger partial charge in [0.15, 0.2) is 0 Å². The van der Waals surface area contributed by atoms with E-state index in [4.69, 9.17) is 5.11 Å². The van der Waals surface area contributed by atoms with E-state index >= 15 is 0 Å². The highest BCUT2D eigenvalue weighted by Crippen LogP contribution is 2.09. The van der Waals surface area contributed by atoms with Crippen molar-refractivity contribution in [3.8, 4) is 0 Å². The normalized spacial score (nSPS) is 15.6. The molecule has 0 spiro atoms. The van der Waals surface area contributed by atoms with Crippen molar-refractivity contribution in [3.05, 3.63) is 0 Å². The minimum absolute atomic E-state index is 0.129. The number of hydrogen-bond donors (Lipinski definition) is 2. The Morgan fingerprint density at radius 2 is 1.55 bits per heavy atom. The molecule has 0 rings (SSSR count). The fraction of sp³-hybridized carbons (Fsp3) is 0.889. The zero-order valence-electron chi connectivity index (χ0n) is 11.4. The van der Waals surface area contributed by atoms with Crippen molar-refractivity contribution in [2.45, 2.75) is 19.4 Å². The Hall–Kier alpha value is -0.910. The predicted molar refractivity (Wildman–Crippen MR) is 70.3 cm³/mol. The van der Waals surface area contributed by atoms with Crippen molar-refractivity contribution < 1.29 is 35.1 Å². The Morgan fingerprint density at radius 3 is 1.95 bits per heavy atom. The second kappa shape index (κ2) is 7.76. The van der Waals surface area contributed by atoms with Gasteiger partial charge in [-0.1, -0.05) is 6.92 Å². The van der Waals surface area contributed by atoms with Crippen molar-refractivity contribution in [2.75, 3.05) is 25.7 Å². The second-order valence-electron chi connectivity index (χ2n) is 4.46. The lowest BCUT2D eigenvalue weighted by Crippen LogP contribution is -2.39. The van der Waals surface area contributed by atoms with Crippen molar-refractivity contribution >= 4 is 26.3 Å². The maximum Gasteiger partial charge on any atom is 0.404 e. The average molecular weight is 333 g/mol. The summed E-state index contributed by atoms with van der Waals surface area (Å²) in [5.41, 5.74) is 0. The number of carbonyl (C=O) groups is 1. The van der Waals surface area contributed by atoms with Gasteiger partial charge in [0.2, 0.25) is 0 Å². The molecule has 1 unspecified atom stereocenters. The van der Waals surface area contributed by atoms with Crippen LogP contribution in [0.4, 0.5) is 4.79 Å². The Kier molecular flexibility index (Phi) is 7.41. The van der Waals surface area contributed by atoms with Crippen LogP contribution in [0.5, 0.6) is 0 Å². The van der Waals surface area contributed by atoms with Crippen molar-refractivity contribution in [2.24, 2.45) is 5.92 Å². The van der Waals surface area contributed by atoms with Crippen LogP contribution in [0.25, 0.3) is 0 Å². The van der Waals surface area contributed by atoms with Crippen molar-refractivity contribution in [3.63, 3.8) is 0 Å². The van der Waals surface area contributed by atoms with Crippen LogP contribution in [0.2, 0.25) is 0 Å². The van der Waals surface area contributed by atoms with Crippen LogP contribution in [0.1, 0.15) is 13.3 Å². The first-order valence-electron chi connectivity index (χ1n) is 5.57. The lowest BCUT2D eigenvalue weighted by atomic mass is 10.0. The molecule has 2 N–H and O–H groups in total. The van der Waals surface area contributed by atoms with Crippen molar-refractivity contribution in [1.82, 2.24) is 5.32 Å². The van der Waals surface area contributed by atoms with Crippen molar-refractivity contribution in [1.29, 1.82) is 0 Å². The van der Waals surface area contributed by atoms with E-state index in [1.54, 1.807) is 6.92 Å². The van der Waals surface area contributed by atoms with Crippen LogP contribution in [0, 0.1) is 5.92 Å². The summed E-state index contributed by atoms with van der Waals surface area (Å²) in [6, 6.07) is -0.791. The highest BCUT2D eigenvalue weighted by atomic mass is 32.2. The summed E-state index contributed by atoms with van der Waals surface area (Å²) in [7, 11) is -7.26. The topological polar surface area (TPSA) is 136 Å². The van der Waals surface area contributed by atoms with Crippen LogP contribution >= 0.6 is 0 Å². The van der Waals surface area contributed by atoms with E-state index in [2.05, 4.69) is 13.7 Å². The average Bonchev–Trinajstić information content (AvgIpc) is 2.20. The largest absolute Gasteiger partial charge is 0.465 e. The van der Waals surface area contributed by atoms with Gasteiger partial charge in [-0.2, -0.15) is 16.8 Å². The fourth-order valence-electron chi connectivity index (χ4n) is 1.34. The van der Waals surface area contributed by atoms with E-state index in [9.17, 15) is 21.6 Å². The Labute approximate surface area is 118 Å². The molecule has 0 bridgehead atoms. The second-order valence-corrected chi connectivity index (χ2v) is 7.75. The number of carboxylic acid groups (broad SMARTS) is 1. The molecule has 9 nitrogen and oxygen atoms in total. The monoisotopic (exact) mass is 333 g/mol. The number of hydrogen-bond acceptors (Lipinski definition) is 7. The summed E-state index contributed by atoms with van der Waals surface area (Å²) < 4.78 is 52.5. The molecule has 0 saturated heterocycles. The molecule has 0 aromatic heterocycles. The molecule has 0 aliphatic rings. The quantitative estimate of drug-likeness (QED) is 0.544. The molecule has 0 saturated carbocycles. The van der Waals surface area contributed by atoms with Gasteiger partial charge in [0.05, 0.1) is 31.8 Å². The van der Waals surface area contributed by atoms with Gasteiger partial charge in [-0.15, -0.1) is 0 Å². The van der Waals surface area contributed by atoms with E-state index < -0.39 is 32.4 Å². The maximum atomic E-state index is 10.9. The first-order valence-corrected chi connectivity index (χ1v) is 9.20. The third-order valence-electron chi connectivity index (χ3n) is 2.06. The highest BCUT2D eigenvalue weighted by Gasteiger charge is 2.19. The van der Waals surface area contributed by atoms with Crippen LogP contribution < -0.4 is 5.32 Å². The standard InChI is InChI=1S/C9H19NO8S2/c1-7(5-17-19(2,13)14)4-8(10-9(11)12)6-18-20(3,15)16/h7-8,10H,4-6H2,1-3H3,(H,11,12)/t7?,8-/m1/s1. The Morgan fingerprint density at radius 1 is 1.10 bits per heavy atom. The molecule has 0 aliphatic carbocycles. The van der Waals surface area contributed by atoms with E-state index in [1.807, 2.05) is 0 Å². The number of rotatable bonds is 9. The molecule has 0 heterocycles. The molecule has 0 aliphatic heterocycles. The molecule has 0 aromatic carbocycles. The third-order valence-corrected chi connectivity index (χ3v) is 3.19. The van der Waals surface area contributed by atoms with Gasteiger partial charge in [-0.3, -0.25) is 8.37 Å². The summed E-state index contributed by atoms with van der Waals surface area (Å²) in [5, 5.41) is 10.7. The molecule has 120 valence electrons. The zero-order valence-corrected chi connectivity index (χ0v) is 13.0. The van der Waals surface area contributed by atoms with Crippen LogP contribution in [0.15, 0.2) is 0 Å². The van der Waals surface area contributed by atoms with Crippen LogP contribution in [-0.2, 0) is 28.6 Å². The van der Waals surface area contributed by atoms with E-state index in [-0.39, 0.29) is 25.6 Å². The fourth-order valence-corrected chi connectivity index (χ4v) is 2.23. The molecule has 11 heteroatoms.